The fraction of sp³-hybridized carbons (Fsp3) is 0.278. The lowest BCUT2D eigenvalue weighted by Crippen LogP contribution is -2.13. The van der Waals surface area contributed by atoms with Gasteiger partial charge < -0.3 is 14.6 Å². The second-order valence-corrected chi connectivity index (χ2v) is 5.22. The van der Waals surface area contributed by atoms with Gasteiger partial charge in [0.25, 0.3) is 0 Å². The first kappa shape index (κ1) is 19.0. The number of esters is 2. The number of rotatable bonds is 6. The van der Waals surface area contributed by atoms with Crippen LogP contribution in [0.4, 0.5) is 5.69 Å². The number of phenolic OH excluding ortho intramolecular Hbond substituents is 1. The molecule has 0 amide bonds. The summed E-state index contributed by atoms with van der Waals surface area (Å²) in [5.41, 5.74) is -0.158. The van der Waals surface area contributed by atoms with Gasteiger partial charge in [0.15, 0.2) is 0 Å². The molecule has 0 unspecified atom stereocenters. The highest BCUT2D eigenvalue weighted by atomic mass is 16.5. The number of nitrogens with zero attached hydrogens (tertiary/aromatic N) is 2. The van der Waals surface area contributed by atoms with Crippen molar-refractivity contribution in [3.05, 3.63) is 46.1 Å². The van der Waals surface area contributed by atoms with Gasteiger partial charge in [0.2, 0.25) is 0 Å². The van der Waals surface area contributed by atoms with E-state index in [1.54, 1.807) is 26.0 Å². The van der Waals surface area contributed by atoms with E-state index in [0.717, 1.165) is 0 Å². The van der Waals surface area contributed by atoms with Crippen LogP contribution in [0.25, 0.3) is 11.1 Å². The molecule has 0 bridgehead atoms. The van der Waals surface area contributed by atoms with Crippen molar-refractivity contribution in [1.82, 2.24) is 4.98 Å². The highest BCUT2D eigenvalue weighted by Crippen LogP contribution is 2.44. The molecule has 136 valence electrons. The van der Waals surface area contributed by atoms with E-state index in [2.05, 4.69) is 10.2 Å². The van der Waals surface area contributed by atoms with Crippen molar-refractivity contribution in [3.8, 4) is 16.9 Å². The van der Waals surface area contributed by atoms with E-state index < -0.39 is 17.7 Å². The zero-order chi connectivity index (χ0) is 19.3. The molecule has 8 heteroatoms. The van der Waals surface area contributed by atoms with Gasteiger partial charge in [-0.2, -0.15) is 0 Å². The summed E-state index contributed by atoms with van der Waals surface area (Å²) in [5.74, 6) is -2.36. The summed E-state index contributed by atoms with van der Waals surface area (Å²) in [4.78, 5) is 40.2. The zero-order valence-electron chi connectivity index (χ0n) is 14.6. The number of hydrogen-bond acceptors (Lipinski definition) is 8. The van der Waals surface area contributed by atoms with Crippen molar-refractivity contribution in [2.75, 3.05) is 13.2 Å². The Kier molecular flexibility index (Phi) is 6.00. The SMILES string of the molecule is CCOC(=O)c1c(C)c(N=O)c(-c2ccncc2)c(C(=O)OCC)c1O. The van der Waals surface area contributed by atoms with Crippen LogP contribution in [0, 0.1) is 11.8 Å². The predicted molar refractivity (Wildman–Crippen MR) is 93.4 cm³/mol. The van der Waals surface area contributed by atoms with Crippen LogP contribution in [0.5, 0.6) is 5.75 Å². The van der Waals surface area contributed by atoms with Gasteiger partial charge >= 0.3 is 11.9 Å². The van der Waals surface area contributed by atoms with Crippen LogP contribution in [0.3, 0.4) is 0 Å². The van der Waals surface area contributed by atoms with Crippen LogP contribution in [-0.2, 0) is 9.47 Å². The van der Waals surface area contributed by atoms with Crippen LogP contribution >= 0.6 is 0 Å². The average molecular weight is 358 g/mol. The van der Waals surface area contributed by atoms with Gasteiger partial charge in [-0.1, -0.05) is 0 Å². The molecule has 1 aromatic carbocycles. The van der Waals surface area contributed by atoms with Crippen molar-refractivity contribution in [1.29, 1.82) is 0 Å². The summed E-state index contributed by atoms with van der Waals surface area (Å²) >= 11 is 0. The summed E-state index contributed by atoms with van der Waals surface area (Å²) in [6, 6.07) is 3.10. The van der Waals surface area contributed by atoms with E-state index in [4.69, 9.17) is 9.47 Å². The largest absolute Gasteiger partial charge is 0.506 e. The van der Waals surface area contributed by atoms with Crippen molar-refractivity contribution in [2.24, 2.45) is 5.18 Å². The van der Waals surface area contributed by atoms with E-state index in [-0.39, 0.29) is 41.2 Å². The van der Waals surface area contributed by atoms with Crippen LogP contribution in [-0.4, -0.2) is 35.2 Å². The fourth-order valence-electron chi connectivity index (χ4n) is 2.61. The molecule has 0 saturated carbocycles. The van der Waals surface area contributed by atoms with Crippen molar-refractivity contribution >= 4 is 17.6 Å². The van der Waals surface area contributed by atoms with Crippen LogP contribution in [0.1, 0.15) is 40.1 Å². The average Bonchev–Trinajstić information content (AvgIpc) is 2.62. The first-order valence-electron chi connectivity index (χ1n) is 7.95. The van der Waals surface area contributed by atoms with Crippen molar-refractivity contribution in [2.45, 2.75) is 20.8 Å². The highest BCUT2D eigenvalue weighted by molar-refractivity contribution is 6.09. The van der Waals surface area contributed by atoms with Gasteiger partial charge in [-0.3, -0.25) is 4.98 Å². The zero-order valence-corrected chi connectivity index (χ0v) is 14.6. The lowest BCUT2D eigenvalue weighted by atomic mass is 9.91. The number of benzene rings is 1. The lowest BCUT2D eigenvalue weighted by Gasteiger charge is -2.18. The van der Waals surface area contributed by atoms with Gasteiger partial charge in [-0.05, 0) is 49.2 Å². The Bertz CT molecular complexity index is 849. The van der Waals surface area contributed by atoms with E-state index in [1.165, 1.54) is 19.3 Å². The lowest BCUT2D eigenvalue weighted by molar-refractivity contribution is 0.0519. The second kappa shape index (κ2) is 8.19. The van der Waals surface area contributed by atoms with Crippen molar-refractivity contribution < 1.29 is 24.2 Å². The molecule has 1 aromatic heterocycles. The monoisotopic (exact) mass is 358 g/mol. The Morgan fingerprint density at radius 2 is 1.62 bits per heavy atom. The third-order valence-electron chi connectivity index (χ3n) is 3.71. The number of phenols is 1. The number of nitroso groups, excluding NO2 is 1. The maximum Gasteiger partial charge on any atom is 0.342 e. The fourth-order valence-corrected chi connectivity index (χ4v) is 2.61. The second-order valence-electron chi connectivity index (χ2n) is 5.22. The number of aromatic nitrogens is 1. The molecule has 8 nitrogen and oxygen atoms in total. The summed E-state index contributed by atoms with van der Waals surface area (Å²) in [6.07, 6.45) is 2.93. The molecule has 0 aliphatic heterocycles. The Labute approximate surface area is 149 Å². The molecule has 0 spiro atoms. The Morgan fingerprint density at radius 3 is 2.12 bits per heavy atom. The third kappa shape index (κ3) is 3.39. The minimum absolute atomic E-state index is 0.0422. The topological polar surface area (TPSA) is 115 Å². The molecular weight excluding hydrogens is 340 g/mol. The summed E-state index contributed by atoms with van der Waals surface area (Å²) in [5, 5.41) is 13.7. The Hall–Kier alpha value is -3.29. The maximum atomic E-state index is 12.5. The third-order valence-corrected chi connectivity index (χ3v) is 3.71. The molecule has 0 aliphatic carbocycles. The molecular formula is C18H18N2O6. The van der Waals surface area contributed by atoms with Gasteiger partial charge in [-0.15, -0.1) is 4.91 Å². The summed E-state index contributed by atoms with van der Waals surface area (Å²) in [7, 11) is 0. The molecule has 26 heavy (non-hydrogen) atoms. The molecule has 2 rings (SSSR count). The van der Waals surface area contributed by atoms with Crippen LogP contribution < -0.4 is 0 Å². The van der Waals surface area contributed by atoms with E-state index >= 15 is 0 Å². The number of ether oxygens (including phenoxy) is 2. The first-order chi connectivity index (χ1) is 12.5. The van der Waals surface area contributed by atoms with Crippen LogP contribution in [0.15, 0.2) is 29.7 Å². The predicted octanol–water partition coefficient (Wildman–Crippen LogP) is 3.51. The van der Waals surface area contributed by atoms with E-state index in [9.17, 15) is 19.6 Å². The highest BCUT2D eigenvalue weighted by Gasteiger charge is 2.31. The number of carbonyl (C=O) groups is 2. The molecule has 1 N–H and O–H groups in total. The molecule has 0 atom stereocenters. The number of hydrogen-bond donors (Lipinski definition) is 1. The summed E-state index contributed by atoms with van der Waals surface area (Å²) in [6.45, 7) is 4.74. The molecule has 0 fully saturated rings. The van der Waals surface area contributed by atoms with Gasteiger partial charge in [0, 0.05) is 18.0 Å². The first-order valence-corrected chi connectivity index (χ1v) is 7.95. The molecule has 2 aromatic rings. The molecule has 0 saturated heterocycles. The van der Waals surface area contributed by atoms with Gasteiger partial charge in [0.1, 0.15) is 22.6 Å². The quantitative estimate of drug-likeness (QED) is 0.620. The van der Waals surface area contributed by atoms with Gasteiger partial charge in [-0.25, -0.2) is 9.59 Å². The maximum absolute atomic E-state index is 12.5. The minimum Gasteiger partial charge on any atom is -0.506 e. The Morgan fingerprint density at radius 1 is 1.08 bits per heavy atom. The minimum atomic E-state index is -0.882. The molecule has 0 radical (unpaired) electrons. The number of carbonyl (C=O) groups excluding carboxylic acids is 2. The standard InChI is InChI=1S/C18H18N2O6/c1-4-25-17(22)12-10(3)15(20-24)13(11-6-8-19-9-7-11)14(16(12)21)18(23)26-5-2/h6-9,21H,4-5H2,1-3H3. The number of pyridine rings is 1. The van der Waals surface area contributed by atoms with Crippen molar-refractivity contribution in [3.63, 3.8) is 0 Å². The van der Waals surface area contributed by atoms with E-state index in [0.29, 0.717) is 5.56 Å². The van der Waals surface area contributed by atoms with Gasteiger partial charge in [0.05, 0.1) is 13.2 Å². The van der Waals surface area contributed by atoms with E-state index in [1.807, 2.05) is 0 Å². The molecule has 1 heterocycles. The molecule has 0 aliphatic rings. The number of aromatic hydroxyl groups is 1. The summed E-state index contributed by atoms with van der Waals surface area (Å²) < 4.78 is 9.92. The van der Waals surface area contributed by atoms with Crippen LogP contribution in [0.2, 0.25) is 0 Å². The normalized spacial score (nSPS) is 10.3. The smallest absolute Gasteiger partial charge is 0.342 e. The Balaban J connectivity index is 2.92.